The molecule has 108 valence electrons. The zero-order chi connectivity index (χ0) is 14.9. The van der Waals surface area contributed by atoms with E-state index >= 15 is 0 Å². The highest BCUT2D eigenvalue weighted by molar-refractivity contribution is 6.01. The molecule has 1 aliphatic rings. The lowest BCUT2D eigenvalue weighted by Gasteiger charge is -2.22. The monoisotopic (exact) mass is 273 g/mol. The van der Waals surface area contributed by atoms with Crippen LogP contribution in [-0.4, -0.2) is 23.3 Å². The van der Waals surface area contributed by atoms with Crippen molar-refractivity contribution in [3.05, 3.63) is 34.9 Å². The van der Waals surface area contributed by atoms with Crippen molar-refractivity contribution in [2.24, 2.45) is 4.99 Å². The first-order chi connectivity index (χ1) is 9.26. The number of carbonyl (C=O) groups excluding carboxylic acids is 1. The maximum Gasteiger partial charge on any atom is 0.331 e. The Morgan fingerprint density at radius 1 is 1.30 bits per heavy atom. The third-order valence-electron chi connectivity index (χ3n) is 3.37. The first-order valence-corrected chi connectivity index (χ1v) is 7.13. The second-order valence-corrected chi connectivity index (χ2v) is 6.46. The van der Waals surface area contributed by atoms with E-state index in [1.165, 1.54) is 11.1 Å². The van der Waals surface area contributed by atoms with Crippen molar-refractivity contribution in [1.82, 2.24) is 0 Å². The SMILES string of the molecule is CC1=NC(C(=O)OC(C)(C)C)CCc2ccc(C)cc21. The van der Waals surface area contributed by atoms with Gasteiger partial charge in [-0.2, -0.15) is 0 Å². The highest BCUT2D eigenvalue weighted by Crippen LogP contribution is 2.22. The Balaban J connectivity index is 2.25. The number of hydrogen-bond donors (Lipinski definition) is 0. The van der Waals surface area contributed by atoms with Crippen LogP contribution >= 0.6 is 0 Å². The van der Waals surface area contributed by atoms with E-state index in [2.05, 4.69) is 30.1 Å². The molecule has 3 heteroatoms. The van der Waals surface area contributed by atoms with Gasteiger partial charge >= 0.3 is 5.97 Å². The number of aliphatic imine (C=N–C) groups is 1. The fourth-order valence-corrected chi connectivity index (χ4v) is 2.45. The summed E-state index contributed by atoms with van der Waals surface area (Å²) >= 11 is 0. The number of carbonyl (C=O) groups is 1. The molecule has 2 rings (SSSR count). The minimum absolute atomic E-state index is 0.221. The highest BCUT2D eigenvalue weighted by Gasteiger charge is 2.27. The van der Waals surface area contributed by atoms with Gasteiger partial charge in [0, 0.05) is 5.71 Å². The highest BCUT2D eigenvalue weighted by atomic mass is 16.6. The molecule has 1 unspecified atom stereocenters. The van der Waals surface area contributed by atoms with E-state index in [1.54, 1.807) is 0 Å². The zero-order valence-corrected chi connectivity index (χ0v) is 13.0. The van der Waals surface area contributed by atoms with Gasteiger partial charge in [-0.3, -0.25) is 4.99 Å². The summed E-state index contributed by atoms with van der Waals surface area (Å²) in [5.41, 5.74) is 4.11. The molecule has 0 bridgehead atoms. The average Bonchev–Trinajstić information content (AvgIpc) is 2.47. The topological polar surface area (TPSA) is 38.7 Å². The van der Waals surface area contributed by atoms with E-state index < -0.39 is 5.60 Å². The molecule has 20 heavy (non-hydrogen) atoms. The molecular formula is C17H23NO2. The fraction of sp³-hybridized carbons (Fsp3) is 0.529. The lowest BCUT2D eigenvalue weighted by atomic mass is 9.98. The smallest absolute Gasteiger partial charge is 0.331 e. The van der Waals surface area contributed by atoms with Crippen LogP contribution < -0.4 is 0 Å². The van der Waals surface area contributed by atoms with Gasteiger partial charge in [-0.25, -0.2) is 4.79 Å². The maximum absolute atomic E-state index is 12.2. The lowest BCUT2D eigenvalue weighted by molar-refractivity contribution is -0.156. The summed E-state index contributed by atoms with van der Waals surface area (Å²) in [6, 6.07) is 6.01. The summed E-state index contributed by atoms with van der Waals surface area (Å²) in [6.45, 7) is 9.70. The quantitative estimate of drug-likeness (QED) is 0.735. The summed E-state index contributed by atoms with van der Waals surface area (Å²) in [7, 11) is 0. The average molecular weight is 273 g/mol. The molecule has 1 aromatic rings. The van der Waals surface area contributed by atoms with Crippen molar-refractivity contribution in [2.75, 3.05) is 0 Å². The molecule has 0 saturated heterocycles. The minimum atomic E-state index is -0.462. The van der Waals surface area contributed by atoms with Crippen molar-refractivity contribution in [3.8, 4) is 0 Å². The number of hydrogen-bond acceptors (Lipinski definition) is 3. The Bertz CT molecular complexity index is 553. The van der Waals surface area contributed by atoms with Crippen LogP contribution in [0.25, 0.3) is 0 Å². The number of aryl methyl sites for hydroxylation is 2. The van der Waals surface area contributed by atoms with Gasteiger partial charge in [0.2, 0.25) is 0 Å². The predicted octanol–water partition coefficient (Wildman–Crippen LogP) is 3.46. The Morgan fingerprint density at radius 2 is 2.00 bits per heavy atom. The summed E-state index contributed by atoms with van der Waals surface area (Å²) in [6.07, 6.45) is 1.57. The van der Waals surface area contributed by atoms with Crippen LogP contribution in [0.15, 0.2) is 23.2 Å². The Labute approximate surface area is 121 Å². The molecule has 0 spiro atoms. The van der Waals surface area contributed by atoms with Gasteiger partial charge in [-0.15, -0.1) is 0 Å². The van der Waals surface area contributed by atoms with Crippen LogP contribution in [0, 0.1) is 6.92 Å². The number of ether oxygens (including phenoxy) is 1. The summed E-state index contributed by atoms with van der Waals surface area (Å²) in [4.78, 5) is 16.8. The molecule has 0 aromatic heterocycles. The second kappa shape index (κ2) is 5.39. The van der Waals surface area contributed by atoms with Gasteiger partial charge in [0.15, 0.2) is 0 Å². The normalized spacial score (nSPS) is 18.9. The van der Waals surface area contributed by atoms with Crippen LogP contribution in [0.4, 0.5) is 0 Å². The van der Waals surface area contributed by atoms with Gasteiger partial charge in [0.1, 0.15) is 11.6 Å². The molecule has 1 atom stereocenters. The number of fused-ring (bicyclic) bond motifs is 1. The first-order valence-electron chi connectivity index (χ1n) is 7.13. The molecule has 0 saturated carbocycles. The van der Waals surface area contributed by atoms with E-state index in [0.29, 0.717) is 6.42 Å². The van der Waals surface area contributed by atoms with Crippen LogP contribution in [0.2, 0.25) is 0 Å². The van der Waals surface area contributed by atoms with Gasteiger partial charge in [0.05, 0.1) is 0 Å². The standard InChI is InChI=1S/C17H23NO2/c1-11-6-7-13-8-9-15(16(19)20-17(3,4)5)18-12(2)14(13)10-11/h6-7,10,15H,8-9H2,1-5H3. The molecule has 1 heterocycles. The van der Waals surface area contributed by atoms with Crippen molar-refractivity contribution < 1.29 is 9.53 Å². The minimum Gasteiger partial charge on any atom is -0.458 e. The molecular weight excluding hydrogens is 250 g/mol. The third kappa shape index (κ3) is 3.47. The van der Waals surface area contributed by atoms with E-state index in [0.717, 1.165) is 17.7 Å². The van der Waals surface area contributed by atoms with E-state index in [9.17, 15) is 4.79 Å². The summed E-state index contributed by atoms with van der Waals surface area (Å²) in [5, 5.41) is 0. The van der Waals surface area contributed by atoms with Crippen LogP contribution in [0.3, 0.4) is 0 Å². The molecule has 1 aromatic carbocycles. The molecule has 0 N–H and O–H groups in total. The van der Waals surface area contributed by atoms with Crippen molar-refractivity contribution in [1.29, 1.82) is 0 Å². The molecule has 0 fully saturated rings. The summed E-state index contributed by atoms with van der Waals surface area (Å²) in [5.74, 6) is -0.221. The van der Waals surface area contributed by atoms with E-state index in [4.69, 9.17) is 4.74 Å². The molecule has 0 radical (unpaired) electrons. The van der Waals surface area contributed by atoms with E-state index in [-0.39, 0.29) is 12.0 Å². The first kappa shape index (κ1) is 14.8. The van der Waals surface area contributed by atoms with Crippen molar-refractivity contribution in [3.63, 3.8) is 0 Å². The van der Waals surface area contributed by atoms with Gasteiger partial charge in [-0.05, 0) is 64.7 Å². The molecule has 3 nitrogen and oxygen atoms in total. The van der Waals surface area contributed by atoms with E-state index in [1.807, 2.05) is 27.7 Å². The number of nitrogens with zero attached hydrogens (tertiary/aromatic N) is 1. The lowest BCUT2D eigenvalue weighted by Crippen LogP contribution is -2.31. The van der Waals surface area contributed by atoms with Crippen LogP contribution in [0.1, 0.15) is 50.8 Å². The van der Waals surface area contributed by atoms with Crippen LogP contribution in [-0.2, 0) is 16.0 Å². The number of esters is 1. The van der Waals surface area contributed by atoms with Gasteiger partial charge in [0.25, 0.3) is 0 Å². The molecule has 1 aliphatic heterocycles. The predicted molar refractivity (Wildman–Crippen MR) is 81.3 cm³/mol. The molecule has 0 aliphatic carbocycles. The second-order valence-electron chi connectivity index (χ2n) is 6.46. The van der Waals surface area contributed by atoms with Crippen molar-refractivity contribution in [2.45, 2.75) is 59.1 Å². The van der Waals surface area contributed by atoms with Gasteiger partial charge in [-0.1, -0.05) is 17.7 Å². The number of rotatable bonds is 1. The Morgan fingerprint density at radius 3 is 2.65 bits per heavy atom. The summed E-state index contributed by atoms with van der Waals surface area (Å²) < 4.78 is 5.46. The molecule has 0 amide bonds. The third-order valence-corrected chi connectivity index (χ3v) is 3.37. The maximum atomic E-state index is 12.2. The largest absolute Gasteiger partial charge is 0.458 e. The zero-order valence-electron chi connectivity index (χ0n) is 13.0. The Hall–Kier alpha value is -1.64. The Kier molecular flexibility index (Phi) is 3.98. The van der Waals surface area contributed by atoms with Gasteiger partial charge < -0.3 is 4.74 Å². The van der Waals surface area contributed by atoms with Crippen LogP contribution in [0.5, 0.6) is 0 Å². The van der Waals surface area contributed by atoms with Crippen molar-refractivity contribution >= 4 is 11.7 Å². The number of benzene rings is 1. The fourth-order valence-electron chi connectivity index (χ4n) is 2.45.